The summed E-state index contributed by atoms with van der Waals surface area (Å²) in [5.41, 5.74) is -0.691. The molecule has 0 radical (unpaired) electrons. The topological polar surface area (TPSA) is 49.3 Å². The van der Waals surface area contributed by atoms with Gasteiger partial charge in [0.1, 0.15) is 0 Å². The lowest BCUT2D eigenvalue weighted by atomic mass is 9.94. The van der Waals surface area contributed by atoms with Crippen molar-refractivity contribution in [1.82, 2.24) is 5.32 Å². The van der Waals surface area contributed by atoms with Crippen LogP contribution in [0.2, 0.25) is 0 Å². The van der Waals surface area contributed by atoms with E-state index in [0.29, 0.717) is 13.1 Å². The maximum absolute atomic E-state index is 10.5. The molecule has 0 rings (SSSR count). The Morgan fingerprint density at radius 2 is 2.27 bits per heavy atom. The van der Waals surface area contributed by atoms with Crippen LogP contribution in [-0.2, 0) is 4.79 Å². The van der Waals surface area contributed by atoms with Crippen molar-refractivity contribution in [2.45, 2.75) is 13.8 Å². The van der Waals surface area contributed by atoms with Crippen LogP contribution in [0.3, 0.4) is 0 Å². The number of hydrogen-bond donors (Lipinski definition) is 2. The van der Waals surface area contributed by atoms with Gasteiger partial charge in [-0.25, -0.2) is 0 Å². The first-order valence-electron chi connectivity index (χ1n) is 3.55. The molecule has 0 aromatic rings. The van der Waals surface area contributed by atoms with Gasteiger partial charge < -0.3 is 10.4 Å². The van der Waals surface area contributed by atoms with Crippen LogP contribution in [0.4, 0.5) is 0 Å². The van der Waals surface area contributed by atoms with Crippen LogP contribution in [0, 0.1) is 5.41 Å². The van der Waals surface area contributed by atoms with Gasteiger partial charge in [0.2, 0.25) is 0 Å². The maximum atomic E-state index is 10.5. The molecule has 0 saturated carbocycles. The Bertz CT molecular complexity index is 152. The van der Waals surface area contributed by atoms with Gasteiger partial charge in [-0.2, -0.15) is 0 Å². The minimum Gasteiger partial charge on any atom is -0.481 e. The van der Waals surface area contributed by atoms with E-state index in [1.807, 2.05) is 0 Å². The van der Waals surface area contributed by atoms with Crippen molar-refractivity contribution < 1.29 is 9.90 Å². The van der Waals surface area contributed by atoms with Gasteiger partial charge in [0, 0.05) is 13.1 Å². The molecule has 0 aromatic carbocycles. The minimum atomic E-state index is -0.783. The number of nitrogens with one attached hydrogen (secondary N) is 1. The molecule has 0 saturated heterocycles. The predicted octanol–water partition coefficient (Wildman–Crippen LogP) is 0.873. The van der Waals surface area contributed by atoms with Crippen molar-refractivity contribution >= 4 is 5.97 Å². The summed E-state index contributed by atoms with van der Waals surface area (Å²) in [7, 11) is 0. The Labute approximate surface area is 67.1 Å². The van der Waals surface area contributed by atoms with E-state index in [2.05, 4.69) is 11.9 Å². The van der Waals surface area contributed by atoms with Crippen LogP contribution in [-0.4, -0.2) is 24.2 Å². The Hall–Kier alpha value is -0.830. The van der Waals surface area contributed by atoms with Gasteiger partial charge in [-0.3, -0.25) is 4.79 Å². The lowest BCUT2D eigenvalue weighted by molar-refractivity contribution is -0.146. The van der Waals surface area contributed by atoms with E-state index < -0.39 is 11.4 Å². The molecule has 0 spiro atoms. The van der Waals surface area contributed by atoms with Crippen molar-refractivity contribution in [3.63, 3.8) is 0 Å². The highest BCUT2D eigenvalue weighted by Gasteiger charge is 2.25. The number of carboxylic acid groups (broad SMARTS) is 1. The number of carbonyl (C=O) groups is 1. The maximum Gasteiger partial charge on any atom is 0.310 e. The second kappa shape index (κ2) is 4.13. The Morgan fingerprint density at radius 1 is 1.73 bits per heavy atom. The zero-order valence-electron chi connectivity index (χ0n) is 7.05. The molecule has 0 aliphatic rings. The first-order chi connectivity index (χ1) is 5.00. The molecule has 0 bridgehead atoms. The van der Waals surface area contributed by atoms with E-state index >= 15 is 0 Å². The molecule has 11 heavy (non-hydrogen) atoms. The Kier molecular flexibility index (Phi) is 3.82. The van der Waals surface area contributed by atoms with Crippen molar-refractivity contribution in [3.05, 3.63) is 12.7 Å². The van der Waals surface area contributed by atoms with E-state index in [1.165, 1.54) is 0 Å². The molecule has 0 fully saturated rings. The van der Waals surface area contributed by atoms with Crippen LogP contribution < -0.4 is 5.32 Å². The van der Waals surface area contributed by atoms with Gasteiger partial charge in [-0.05, 0) is 13.8 Å². The Balaban J connectivity index is 3.72. The molecule has 0 unspecified atom stereocenters. The fourth-order valence-electron chi connectivity index (χ4n) is 0.562. The number of rotatable bonds is 5. The van der Waals surface area contributed by atoms with Crippen LogP contribution in [0.25, 0.3) is 0 Å². The predicted molar refractivity (Wildman–Crippen MR) is 44.5 cm³/mol. The highest BCUT2D eigenvalue weighted by molar-refractivity contribution is 5.73. The summed E-state index contributed by atoms with van der Waals surface area (Å²) < 4.78 is 0. The van der Waals surface area contributed by atoms with E-state index in [4.69, 9.17) is 5.11 Å². The smallest absolute Gasteiger partial charge is 0.310 e. The first-order valence-corrected chi connectivity index (χ1v) is 3.55. The summed E-state index contributed by atoms with van der Waals surface area (Å²) in [6, 6.07) is 0. The van der Waals surface area contributed by atoms with E-state index in [-0.39, 0.29) is 0 Å². The van der Waals surface area contributed by atoms with Gasteiger partial charge in [-0.15, -0.1) is 6.58 Å². The largest absolute Gasteiger partial charge is 0.481 e. The summed E-state index contributed by atoms with van der Waals surface area (Å²) in [6.45, 7) is 8.00. The monoisotopic (exact) mass is 157 g/mol. The molecule has 2 N–H and O–H groups in total. The van der Waals surface area contributed by atoms with Crippen LogP contribution in [0.1, 0.15) is 13.8 Å². The second-order valence-electron chi connectivity index (χ2n) is 3.11. The highest BCUT2D eigenvalue weighted by atomic mass is 16.4. The number of aliphatic carboxylic acids is 1. The van der Waals surface area contributed by atoms with Gasteiger partial charge in [0.25, 0.3) is 0 Å². The summed E-state index contributed by atoms with van der Waals surface area (Å²) in [5, 5.41) is 11.6. The molecule has 0 aromatic heterocycles. The third-order valence-electron chi connectivity index (χ3n) is 1.43. The molecule has 0 amide bonds. The average molecular weight is 157 g/mol. The van der Waals surface area contributed by atoms with Gasteiger partial charge >= 0.3 is 5.97 Å². The fraction of sp³-hybridized carbons (Fsp3) is 0.625. The molecule has 3 nitrogen and oxygen atoms in total. The van der Waals surface area contributed by atoms with Crippen molar-refractivity contribution in [2.75, 3.05) is 13.1 Å². The van der Waals surface area contributed by atoms with Crippen molar-refractivity contribution in [1.29, 1.82) is 0 Å². The number of hydrogen-bond acceptors (Lipinski definition) is 2. The number of carboxylic acids is 1. The molecular weight excluding hydrogens is 142 g/mol. The summed E-state index contributed by atoms with van der Waals surface area (Å²) in [5.74, 6) is -0.783. The molecule has 0 atom stereocenters. The normalized spacial score (nSPS) is 11.1. The van der Waals surface area contributed by atoms with Gasteiger partial charge in [0.05, 0.1) is 5.41 Å². The first kappa shape index (κ1) is 10.2. The zero-order chi connectivity index (χ0) is 8.91. The van der Waals surface area contributed by atoms with Crippen LogP contribution >= 0.6 is 0 Å². The molecule has 64 valence electrons. The Morgan fingerprint density at radius 3 is 2.64 bits per heavy atom. The van der Waals surface area contributed by atoms with Crippen LogP contribution in [0.15, 0.2) is 12.7 Å². The van der Waals surface area contributed by atoms with E-state index in [1.54, 1.807) is 19.9 Å². The van der Waals surface area contributed by atoms with Gasteiger partial charge in [0.15, 0.2) is 0 Å². The van der Waals surface area contributed by atoms with E-state index in [9.17, 15) is 4.79 Å². The SMILES string of the molecule is C=CCNCC(C)(C)C(=O)O. The lowest BCUT2D eigenvalue weighted by Gasteiger charge is -2.18. The molecule has 3 heteroatoms. The van der Waals surface area contributed by atoms with E-state index in [0.717, 1.165) is 0 Å². The highest BCUT2D eigenvalue weighted by Crippen LogP contribution is 2.12. The standard InChI is InChI=1S/C8H15NO2/c1-4-5-9-6-8(2,3)7(10)11/h4,9H,1,5-6H2,2-3H3,(H,10,11). The quantitative estimate of drug-likeness (QED) is 0.460. The zero-order valence-corrected chi connectivity index (χ0v) is 7.05. The molecule has 0 heterocycles. The molecular formula is C8H15NO2. The summed E-state index contributed by atoms with van der Waals surface area (Å²) in [4.78, 5) is 10.5. The fourth-order valence-corrected chi connectivity index (χ4v) is 0.562. The minimum absolute atomic E-state index is 0.467. The average Bonchev–Trinajstić information content (AvgIpc) is 1.88. The summed E-state index contributed by atoms with van der Waals surface area (Å²) in [6.07, 6.45) is 1.71. The van der Waals surface area contributed by atoms with Gasteiger partial charge in [-0.1, -0.05) is 6.08 Å². The van der Waals surface area contributed by atoms with Crippen molar-refractivity contribution in [2.24, 2.45) is 5.41 Å². The van der Waals surface area contributed by atoms with Crippen LogP contribution in [0.5, 0.6) is 0 Å². The lowest BCUT2D eigenvalue weighted by Crippen LogP contribution is -2.35. The molecule has 0 aliphatic heterocycles. The third-order valence-corrected chi connectivity index (χ3v) is 1.43. The molecule has 0 aliphatic carbocycles. The van der Waals surface area contributed by atoms with Crippen molar-refractivity contribution in [3.8, 4) is 0 Å². The summed E-state index contributed by atoms with van der Waals surface area (Å²) >= 11 is 0. The second-order valence-corrected chi connectivity index (χ2v) is 3.11. The third kappa shape index (κ3) is 3.78.